The van der Waals surface area contributed by atoms with Crippen LogP contribution in [0.2, 0.25) is 0 Å². The third kappa shape index (κ3) is 7.04. The number of amides is 2. The molecule has 0 spiro atoms. The van der Waals surface area contributed by atoms with Crippen molar-refractivity contribution in [3.05, 3.63) is 60.2 Å². The van der Waals surface area contributed by atoms with Crippen molar-refractivity contribution in [2.45, 2.75) is 26.3 Å². The lowest BCUT2D eigenvalue weighted by Crippen LogP contribution is -2.36. The monoisotopic (exact) mass is 383 g/mol. The molecule has 150 valence electrons. The van der Waals surface area contributed by atoms with Gasteiger partial charge in [-0.1, -0.05) is 37.3 Å². The fourth-order valence-electron chi connectivity index (χ4n) is 2.83. The number of methoxy groups -OCH3 is 1. The second-order valence-electron chi connectivity index (χ2n) is 6.60. The van der Waals surface area contributed by atoms with Crippen molar-refractivity contribution >= 4 is 17.5 Å². The van der Waals surface area contributed by atoms with Gasteiger partial charge in [-0.25, -0.2) is 0 Å². The predicted molar refractivity (Wildman–Crippen MR) is 111 cm³/mol. The lowest BCUT2D eigenvalue weighted by atomic mass is 10.1. The molecule has 0 bridgehead atoms. The quantitative estimate of drug-likeness (QED) is 0.661. The zero-order valence-corrected chi connectivity index (χ0v) is 16.8. The molecule has 0 aliphatic rings. The summed E-state index contributed by atoms with van der Waals surface area (Å²) in [6.45, 7) is 5.40. The van der Waals surface area contributed by atoms with Crippen molar-refractivity contribution in [2.75, 3.05) is 32.1 Å². The summed E-state index contributed by atoms with van der Waals surface area (Å²) in [5.74, 6) is 0.611. The van der Waals surface area contributed by atoms with Gasteiger partial charge in [0, 0.05) is 18.7 Å². The van der Waals surface area contributed by atoms with Gasteiger partial charge in [0.05, 0.1) is 19.7 Å². The van der Waals surface area contributed by atoms with Crippen molar-refractivity contribution < 1.29 is 14.3 Å². The van der Waals surface area contributed by atoms with E-state index in [1.54, 1.807) is 31.4 Å². The number of likely N-dealkylation sites (N-methyl/N-ethyl adjacent to an activating group) is 1. The number of benzene rings is 2. The van der Waals surface area contributed by atoms with Crippen LogP contribution in [0.25, 0.3) is 0 Å². The van der Waals surface area contributed by atoms with E-state index in [-0.39, 0.29) is 24.4 Å². The van der Waals surface area contributed by atoms with Crippen molar-refractivity contribution in [3.63, 3.8) is 0 Å². The fraction of sp³-hybridized carbons (Fsp3) is 0.364. The summed E-state index contributed by atoms with van der Waals surface area (Å²) in [5, 5.41) is 5.86. The maximum absolute atomic E-state index is 12.3. The maximum Gasteiger partial charge on any atom is 0.238 e. The number of rotatable bonds is 10. The van der Waals surface area contributed by atoms with E-state index in [1.165, 1.54) is 0 Å². The second-order valence-corrected chi connectivity index (χ2v) is 6.60. The van der Waals surface area contributed by atoms with E-state index in [1.807, 2.05) is 49.1 Å². The van der Waals surface area contributed by atoms with Crippen molar-refractivity contribution in [3.8, 4) is 5.75 Å². The Labute approximate surface area is 166 Å². The van der Waals surface area contributed by atoms with Gasteiger partial charge in [0.2, 0.25) is 11.8 Å². The van der Waals surface area contributed by atoms with E-state index in [0.29, 0.717) is 19.5 Å². The molecule has 0 heterocycles. The van der Waals surface area contributed by atoms with Crippen LogP contribution in [-0.4, -0.2) is 43.5 Å². The van der Waals surface area contributed by atoms with Crippen LogP contribution >= 0.6 is 0 Å². The van der Waals surface area contributed by atoms with Crippen LogP contribution in [0.5, 0.6) is 5.75 Å². The summed E-state index contributed by atoms with van der Waals surface area (Å²) in [6.07, 6.45) is 0.348. The summed E-state index contributed by atoms with van der Waals surface area (Å²) in [5.41, 5.74) is 1.79. The molecule has 0 aromatic heterocycles. The highest BCUT2D eigenvalue weighted by molar-refractivity contribution is 5.92. The fourth-order valence-corrected chi connectivity index (χ4v) is 2.83. The topological polar surface area (TPSA) is 70.7 Å². The first-order chi connectivity index (χ1) is 13.5. The number of nitrogens with one attached hydrogen (secondary N) is 2. The molecule has 0 saturated heterocycles. The van der Waals surface area contributed by atoms with Crippen LogP contribution < -0.4 is 15.4 Å². The van der Waals surface area contributed by atoms with Gasteiger partial charge < -0.3 is 15.4 Å². The Hall–Kier alpha value is -2.86. The van der Waals surface area contributed by atoms with Crippen LogP contribution in [-0.2, 0) is 9.59 Å². The highest BCUT2D eigenvalue weighted by atomic mass is 16.5. The number of carbonyl (C=O) groups excluding carboxylic acids is 2. The first kappa shape index (κ1) is 21.4. The third-order valence-corrected chi connectivity index (χ3v) is 4.52. The molecule has 2 rings (SSSR count). The molecule has 2 aromatic rings. The molecular weight excluding hydrogens is 354 g/mol. The summed E-state index contributed by atoms with van der Waals surface area (Å²) < 4.78 is 5.11. The molecule has 1 unspecified atom stereocenters. The number of hydrogen-bond donors (Lipinski definition) is 2. The van der Waals surface area contributed by atoms with Crippen molar-refractivity contribution in [2.24, 2.45) is 0 Å². The second kappa shape index (κ2) is 11.1. The molecule has 0 fully saturated rings. The molecule has 0 aliphatic heterocycles. The third-order valence-electron chi connectivity index (χ3n) is 4.52. The van der Waals surface area contributed by atoms with E-state index in [9.17, 15) is 9.59 Å². The average molecular weight is 383 g/mol. The van der Waals surface area contributed by atoms with E-state index >= 15 is 0 Å². The Bertz CT molecular complexity index is 747. The van der Waals surface area contributed by atoms with Crippen LogP contribution in [0.4, 0.5) is 5.69 Å². The minimum Gasteiger partial charge on any atom is -0.497 e. The molecule has 6 heteroatoms. The highest BCUT2D eigenvalue weighted by Gasteiger charge is 2.13. The van der Waals surface area contributed by atoms with Gasteiger partial charge in [-0.15, -0.1) is 0 Å². The van der Waals surface area contributed by atoms with Gasteiger partial charge in [-0.2, -0.15) is 0 Å². The Balaban J connectivity index is 1.76. The van der Waals surface area contributed by atoms with E-state index in [0.717, 1.165) is 17.0 Å². The first-order valence-corrected chi connectivity index (χ1v) is 9.52. The van der Waals surface area contributed by atoms with Crippen LogP contribution in [0.3, 0.4) is 0 Å². The standard InChI is InChI=1S/C22H29N3O3/c1-4-25(16-22(27)24-19-10-12-20(28-3)13-11-19)15-14-21(26)23-17(2)18-8-6-5-7-9-18/h5-13,17H,4,14-16H2,1-3H3,(H,23,26)(H,24,27). The summed E-state index contributed by atoms with van der Waals surface area (Å²) in [4.78, 5) is 26.4. The van der Waals surface area contributed by atoms with Gasteiger partial charge in [0.1, 0.15) is 5.75 Å². The molecule has 0 aliphatic carbocycles. The molecule has 1 atom stereocenters. The van der Waals surface area contributed by atoms with Crippen LogP contribution in [0.1, 0.15) is 31.9 Å². The number of nitrogens with zero attached hydrogens (tertiary/aromatic N) is 1. The normalized spacial score (nSPS) is 11.7. The van der Waals surface area contributed by atoms with Gasteiger partial charge in [0.15, 0.2) is 0 Å². The summed E-state index contributed by atoms with van der Waals surface area (Å²) in [6, 6.07) is 17.0. The zero-order chi connectivity index (χ0) is 20.4. The predicted octanol–water partition coefficient (Wildman–Crippen LogP) is 3.22. The molecule has 2 N–H and O–H groups in total. The summed E-state index contributed by atoms with van der Waals surface area (Å²) >= 11 is 0. The minimum atomic E-state index is -0.106. The minimum absolute atomic E-state index is 0.0228. The number of anilines is 1. The van der Waals surface area contributed by atoms with E-state index < -0.39 is 0 Å². The highest BCUT2D eigenvalue weighted by Crippen LogP contribution is 2.15. The van der Waals surface area contributed by atoms with Gasteiger partial charge in [-0.05, 0) is 43.3 Å². The van der Waals surface area contributed by atoms with E-state index in [4.69, 9.17) is 4.74 Å². The molecule has 2 aromatic carbocycles. The zero-order valence-electron chi connectivity index (χ0n) is 16.8. The molecular formula is C22H29N3O3. The van der Waals surface area contributed by atoms with Crippen molar-refractivity contribution in [1.29, 1.82) is 0 Å². The van der Waals surface area contributed by atoms with Gasteiger partial charge in [-0.3, -0.25) is 14.5 Å². The number of ether oxygens (including phenoxy) is 1. The largest absolute Gasteiger partial charge is 0.497 e. The Kier molecular flexibility index (Phi) is 8.49. The average Bonchev–Trinajstić information content (AvgIpc) is 2.72. The SMILES string of the molecule is CCN(CCC(=O)NC(C)c1ccccc1)CC(=O)Nc1ccc(OC)cc1. The smallest absolute Gasteiger partial charge is 0.238 e. The van der Waals surface area contributed by atoms with E-state index in [2.05, 4.69) is 10.6 Å². The van der Waals surface area contributed by atoms with Crippen LogP contribution in [0.15, 0.2) is 54.6 Å². The van der Waals surface area contributed by atoms with Crippen molar-refractivity contribution in [1.82, 2.24) is 10.2 Å². The van der Waals surface area contributed by atoms with Gasteiger partial charge >= 0.3 is 0 Å². The molecule has 28 heavy (non-hydrogen) atoms. The van der Waals surface area contributed by atoms with Crippen LogP contribution in [0, 0.1) is 0 Å². The number of hydrogen-bond acceptors (Lipinski definition) is 4. The number of carbonyl (C=O) groups is 2. The maximum atomic E-state index is 12.3. The Morgan fingerprint density at radius 2 is 1.71 bits per heavy atom. The first-order valence-electron chi connectivity index (χ1n) is 9.52. The lowest BCUT2D eigenvalue weighted by molar-refractivity contribution is -0.123. The molecule has 2 amide bonds. The molecule has 6 nitrogen and oxygen atoms in total. The Morgan fingerprint density at radius 1 is 1.04 bits per heavy atom. The Morgan fingerprint density at radius 3 is 2.32 bits per heavy atom. The molecule has 0 saturated carbocycles. The van der Waals surface area contributed by atoms with Gasteiger partial charge in [0.25, 0.3) is 0 Å². The summed E-state index contributed by atoms with van der Waals surface area (Å²) in [7, 11) is 1.60. The lowest BCUT2D eigenvalue weighted by Gasteiger charge is -2.20. The molecule has 0 radical (unpaired) electrons.